The van der Waals surface area contributed by atoms with Crippen LogP contribution >= 0.6 is 0 Å². The zero-order valence-corrected chi connectivity index (χ0v) is 12.5. The molecule has 1 saturated heterocycles. The highest BCUT2D eigenvalue weighted by Gasteiger charge is 2.21. The van der Waals surface area contributed by atoms with E-state index in [0.29, 0.717) is 12.5 Å². The Morgan fingerprint density at radius 3 is 2.90 bits per heavy atom. The van der Waals surface area contributed by atoms with Crippen molar-refractivity contribution in [2.45, 2.75) is 26.3 Å². The summed E-state index contributed by atoms with van der Waals surface area (Å²) in [5.41, 5.74) is 1.03. The third kappa shape index (κ3) is 4.60. The topological polar surface area (TPSA) is 77.5 Å². The number of aromatic nitrogens is 1. The lowest BCUT2D eigenvalue weighted by Crippen LogP contribution is -2.44. The Morgan fingerprint density at radius 1 is 1.48 bits per heavy atom. The maximum atomic E-state index is 12.1. The summed E-state index contributed by atoms with van der Waals surface area (Å²) in [7, 11) is 0. The number of hydrogen-bond acceptors (Lipinski definition) is 4. The second-order valence-corrected chi connectivity index (χ2v) is 5.35. The van der Waals surface area contributed by atoms with Crippen LogP contribution in [0.1, 0.15) is 25.3 Å². The molecule has 1 aliphatic heterocycles. The van der Waals surface area contributed by atoms with Gasteiger partial charge in [0.2, 0.25) is 0 Å². The predicted molar refractivity (Wildman–Crippen MR) is 82.0 cm³/mol. The van der Waals surface area contributed by atoms with Gasteiger partial charge in [-0.1, -0.05) is 0 Å². The molecule has 2 amide bonds. The summed E-state index contributed by atoms with van der Waals surface area (Å²) in [5, 5.41) is 15.2. The molecule has 3 N–H and O–H groups in total. The molecule has 2 rings (SSSR count). The first-order valence-corrected chi connectivity index (χ1v) is 7.55. The third-order valence-corrected chi connectivity index (χ3v) is 3.79. The maximum Gasteiger partial charge on any atom is 0.317 e. The van der Waals surface area contributed by atoms with Gasteiger partial charge in [-0.3, -0.25) is 0 Å². The minimum atomic E-state index is -0.0341. The molecule has 116 valence electrons. The van der Waals surface area contributed by atoms with E-state index in [1.807, 2.05) is 24.0 Å². The quantitative estimate of drug-likeness (QED) is 0.767. The molecule has 0 saturated carbocycles. The smallest absolute Gasteiger partial charge is 0.317 e. The van der Waals surface area contributed by atoms with Gasteiger partial charge in [0.25, 0.3) is 0 Å². The summed E-state index contributed by atoms with van der Waals surface area (Å²) in [5.74, 6) is 1.17. The predicted octanol–water partition coefficient (Wildman–Crippen LogP) is 1.43. The summed E-state index contributed by atoms with van der Waals surface area (Å²) < 4.78 is 0. The average molecular weight is 292 g/mol. The monoisotopic (exact) mass is 292 g/mol. The van der Waals surface area contributed by atoms with Crippen molar-refractivity contribution in [1.82, 2.24) is 15.2 Å². The van der Waals surface area contributed by atoms with Gasteiger partial charge in [-0.2, -0.15) is 0 Å². The number of likely N-dealkylation sites (tertiary alicyclic amines) is 1. The van der Waals surface area contributed by atoms with Crippen molar-refractivity contribution in [3.63, 3.8) is 0 Å². The van der Waals surface area contributed by atoms with Crippen molar-refractivity contribution in [1.29, 1.82) is 0 Å². The van der Waals surface area contributed by atoms with E-state index in [9.17, 15) is 4.79 Å². The van der Waals surface area contributed by atoms with Crippen LogP contribution in [0, 0.1) is 5.92 Å². The number of anilines is 1. The van der Waals surface area contributed by atoms with Crippen LogP contribution in [0.5, 0.6) is 0 Å². The van der Waals surface area contributed by atoms with Gasteiger partial charge in [-0.05, 0) is 43.4 Å². The molecule has 0 spiro atoms. The molecule has 0 aliphatic carbocycles. The number of hydrogen-bond donors (Lipinski definition) is 3. The molecule has 2 heterocycles. The first kappa shape index (κ1) is 15.6. The van der Waals surface area contributed by atoms with Gasteiger partial charge >= 0.3 is 6.03 Å². The zero-order valence-electron chi connectivity index (χ0n) is 12.5. The van der Waals surface area contributed by atoms with Crippen LogP contribution in [0.2, 0.25) is 0 Å². The standard InChI is InChI=1S/C15H24N4O2/c1-2-16-14-9-13(3-6-17-14)10-18-15(21)19-7-4-12(11-20)5-8-19/h3,6,9,12,20H,2,4-5,7-8,10-11H2,1H3,(H,16,17)(H,18,21). The van der Waals surface area contributed by atoms with Crippen LogP contribution in [0.4, 0.5) is 10.6 Å². The Labute approximate surface area is 125 Å². The summed E-state index contributed by atoms with van der Waals surface area (Å²) in [6.45, 7) is 5.00. The summed E-state index contributed by atoms with van der Waals surface area (Å²) >= 11 is 0. The Bertz CT molecular complexity index is 459. The highest BCUT2D eigenvalue weighted by molar-refractivity contribution is 5.74. The normalized spacial score (nSPS) is 15.8. The highest BCUT2D eigenvalue weighted by Crippen LogP contribution is 2.16. The molecule has 1 fully saturated rings. The molecular formula is C15H24N4O2. The van der Waals surface area contributed by atoms with Crippen molar-refractivity contribution < 1.29 is 9.90 Å². The molecule has 0 aromatic carbocycles. The van der Waals surface area contributed by atoms with E-state index in [0.717, 1.165) is 43.9 Å². The van der Waals surface area contributed by atoms with Gasteiger partial charge in [0.1, 0.15) is 5.82 Å². The lowest BCUT2D eigenvalue weighted by atomic mass is 9.98. The number of aliphatic hydroxyl groups excluding tert-OH is 1. The number of piperidine rings is 1. The molecule has 6 nitrogen and oxygen atoms in total. The summed E-state index contributed by atoms with van der Waals surface area (Å²) in [4.78, 5) is 18.1. The van der Waals surface area contributed by atoms with Crippen LogP contribution in [-0.4, -0.2) is 47.3 Å². The molecule has 21 heavy (non-hydrogen) atoms. The number of amides is 2. The van der Waals surface area contributed by atoms with E-state index < -0.39 is 0 Å². The van der Waals surface area contributed by atoms with E-state index in [1.54, 1.807) is 6.20 Å². The van der Waals surface area contributed by atoms with Crippen molar-refractivity contribution in [3.8, 4) is 0 Å². The van der Waals surface area contributed by atoms with Crippen molar-refractivity contribution in [2.24, 2.45) is 5.92 Å². The Balaban J connectivity index is 1.80. The van der Waals surface area contributed by atoms with Crippen molar-refractivity contribution in [3.05, 3.63) is 23.9 Å². The van der Waals surface area contributed by atoms with Gasteiger partial charge in [0.05, 0.1) is 0 Å². The second-order valence-electron chi connectivity index (χ2n) is 5.35. The number of pyridine rings is 1. The molecule has 0 atom stereocenters. The average Bonchev–Trinajstić information content (AvgIpc) is 2.53. The lowest BCUT2D eigenvalue weighted by Gasteiger charge is -2.31. The molecule has 1 aromatic heterocycles. The summed E-state index contributed by atoms with van der Waals surface area (Å²) in [6.07, 6.45) is 3.50. The molecular weight excluding hydrogens is 268 g/mol. The highest BCUT2D eigenvalue weighted by atomic mass is 16.3. The van der Waals surface area contributed by atoms with Crippen LogP contribution < -0.4 is 10.6 Å². The van der Waals surface area contributed by atoms with E-state index in [2.05, 4.69) is 15.6 Å². The fraction of sp³-hybridized carbons (Fsp3) is 0.600. The number of nitrogens with one attached hydrogen (secondary N) is 2. The van der Waals surface area contributed by atoms with E-state index in [-0.39, 0.29) is 12.6 Å². The van der Waals surface area contributed by atoms with Crippen LogP contribution in [0.3, 0.4) is 0 Å². The number of rotatable bonds is 5. The van der Waals surface area contributed by atoms with Gasteiger partial charge in [-0.15, -0.1) is 0 Å². The lowest BCUT2D eigenvalue weighted by molar-refractivity contribution is 0.137. The maximum absolute atomic E-state index is 12.1. The number of carbonyl (C=O) groups excluding carboxylic acids is 1. The van der Waals surface area contributed by atoms with Crippen molar-refractivity contribution >= 4 is 11.8 Å². The Kier molecular flexibility index (Phi) is 5.80. The van der Waals surface area contributed by atoms with E-state index in [4.69, 9.17) is 5.11 Å². The van der Waals surface area contributed by atoms with Gasteiger partial charge in [-0.25, -0.2) is 9.78 Å². The minimum Gasteiger partial charge on any atom is -0.396 e. The number of urea groups is 1. The van der Waals surface area contributed by atoms with Crippen LogP contribution in [0.25, 0.3) is 0 Å². The first-order chi connectivity index (χ1) is 10.2. The fourth-order valence-corrected chi connectivity index (χ4v) is 2.47. The molecule has 0 radical (unpaired) electrons. The molecule has 0 unspecified atom stereocenters. The molecule has 1 aliphatic rings. The second kappa shape index (κ2) is 7.83. The minimum absolute atomic E-state index is 0.0341. The number of aliphatic hydroxyl groups is 1. The molecule has 1 aromatic rings. The first-order valence-electron chi connectivity index (χ1n) is 7.55. The van der Waals surface area contributed by atoms with Crippen LogP contribution in [0.15, 0.2) is 18.3 Å². The van der Waals surface area contributed by atoms with Crippen LogP contribution in [-0.2, 0) is 6.54 Å². The number of carbonyl (C=O) groups is 1. The third-order valence-electron chi connectivity index (χ3n) is 3.79. The Hall–Kier alpha value is -1.82. The van der Waals surface area contributed by atoms with Gasteiger partial charge < -0.3 is 20.6 Å². The fourth-order valence-electron chi connectivity index (χ4n) is 2.47. The SMILES string of the molecule is CCNc1cc(CNC(=O)N2CCC(CO)CC2)ccn1. The van der Waals surface area contributed by atoms with Gasteiger partial charge in [0.15, 0.2) is 0 Å². The summed E-state index contributed by atoms with van der Waals surface area (Å²) in [6, 6.07) is 3.81. The molecule has 6 heteroatoms. The molecule has 0 bridgehead atoms. The number of nitrogens with zero attached hydrogens (tertiary/aromatic N) is 2. The van der Waals surface area contributed by atoms with E-state index >= 15 is 0 Å². The largest absolute Gasteiger partial charge is 0.396 e. The van der Waals surface area contributed by atoms with Gasteiger partial charge in [0, 0.05) is 39.0 Å². The zero-order chi connectivity index (χ0) is 15.1. The van der Waals surface area contributed by atoms with Crippen molar-refractivity contribution in [2.75, 3.05) is 31.6 Å². The Morgan fingerprint density at radius 2 is 2.24 bits per heavy atom. The van der Waals surface area contributed by atoms with E-state index in [1.165, 1.54) is 0 Å².